The van der Waals surface area contributed by atoms with E-state index in [1.165, 1.54) is 33.7 Å². The van der Waals surface area contributed by atoms with Crippen molar-refractivity contribution < 1.29 is 27.1 Å². The highest BCUT2D eigenvalue weighted by Gasteiger charge is 2.34. The van der Waals surface area contributed by atoms with E-state index in [0.717, 1.165) is 12.8 Å². The second-order valence-corrected chi connectivity index (χ2v) is 13.2. The van der Waals surface area contributed by atoms with Crippen LogP contribution in [0.15, 0.2) is 41.0 Å². The second-order valence-electron chi connectivity index (χ2n) is 8.68. The van der Waals surface area contributed by atoms with E-state index >= 15 is 0 Å². The lowest BCUT2D eigenvalue weighted by atomic mass is 10.0. The van der Waals surface area contributed by atoms with Gasteiger partial charge in [0.05, 0.1) is 26.2 Å². The molecular formula is C24H30IN5O6S2. The zero-order valence-electron chi connectivity index (χ0n) is 21.4. The van der Waals surface area contributed by atoms with E-state index in [-0.39, 0.29) is 42.6 Å². The van der Waals surface area contributed by atoms with Gasteiger partial charge in [-0.15, -0.1) is 10.2 Å². The molecule has 0 aliphatic carbocycles. The summed E-state index contributed by atoms with van der Waals surface area (Å²) in [5.41, 5.74) is 0.436. The third kappa shape index (κ3) is 5.91. The van der Waals surface area contributed by atoms with Crippen LogP contribution in [-0.2, 0) is 14.8 Å². The van der Waals surface area contributed by atoms with Gasteiger partial charge in [0, 0.05) is 31.3 Å². The molecule has 0 N–H and O–H groups in total. The molecule has 1 atom stereocenters. The number of carbonyl (C=O) groups is 1. The first-order valence-electron chi connectivity index (χ1n) is 12.1. The van der Waals surface area contributed by atoms with Crippen LogP contribution in [0.2, 0.25) is 0 Å². The first-order valence-corrected chi connectivity index (χ1v) is 17.2. The van der Waals surface area contributed by atoms with Gasteiger partial charge < -0.3 is 18.8 Å². The van der Waals surface area contributed by atoms with Crippen LogP contribution in [0.4, 0.5) is 5.95 Å². The Kier molecular flexibility index (Phi) is 9.46. The molecule has 0 radical (unpaired) electrons. The van der Waals surface area contributed by atoms with Crippen LogP contribution in [0, 0.1) is 0 Å². The lowest BCUT2D eigenvalue weighted by Gasteiger charge is -2.34. The lowest BCUT2D eigenvalue weighted by Crippen LogP contribution is -2.46. The molecule has 1 aliphatic rings. The molecule has 206 valence electrons. The van der Waals surface area contributed by atoms with Crippen LogP contribution in [0.5, 0.6) is 11.5 Å². The van der Waals surface area contributed by atoms with Crippen LogP contribution in [0.25, 0.3) is 17.3 Å². The summed E-state index contributed by atoms with van der Waals surface area (Å²) >= 11 is 2.13. The van der Waals surface area contributed by atoms with Crippen molar-refractivity contribution in [3.05, 3.63) is 36.6 Å². The number of halogens is 1. The summed E-state index contributed by atoms with van der Waals surface area (Å²) in [4.78, 5) is 14.2. The monoisotopic (exact) mass is 675 g/mol. The number of ether oxygens (including phenoxy) is 2. The summed E-state index contributed by atoms with van der Waals surface area (Å²) in [6.07, 6.45) is 3.62. The second kappa shape index (κ2) is 12.6. The van der Waals surface area contributed by atoms with Gasteiger partial charge in [-0.05, 0) is 65.2 Å². The van der Waals surface area contributed by atoms with Gasteiger partial charge in [0.2, 0.25) is 27.7 Å². The fraction of sp³-hybridized carbons (Fsp3) is 0.458. The van der Waals surface area contributed by atoms with Crippen LogP contribution in [0.1, 0.15) is 26.2 Å². The molecular weight excluding hydrogens is 645 g/mol. The Morgan fingerprint density at radius 1 is 1.18 bits per heavy atom. The fourth-order valence-electron chi connectivity index (χ4n) is 4.50. The van der Waals surface area contributed by atoms with Crippen LogP contribution in [-0.4, -0.2) is 78.8 Å². The highest BCUT2D eigenvalue weighted by atomic mass is 127. The number of anilines is 1. The van der Waals surface area contributed by atoms with Crippen LogP contribution < -0.4 is 13.8 Å². The van der Waals surface area contributed by atoms with Crippen LogP contribution >= 0.6 is 30.1 Å². The summed E-state index contributed by atoms with van der Waals surface area (Å²) in [6.45, 7) is 2.20. The van der Waals surface area contributed by atoms with Crippen molar-refractivity contribution in [3.8, 4) is 28.8 Å². The van der Waals surface area contributed by atoms with E-state index in [2.05, 4.69) is 31.4 Å². The SMILES string of the molecule is COc1cccc(OC)c1-n1c(-c2ccco2)nnc1N(CCSI)S(=O)(=O)CCN1C(=O)CCC[C@H]1C. The number of aromatic nitrogens is 3. The predicted octanol–water partition coefficient (Wildman–Crippen LogP) is 4.16. The van der Waals surface area contributed by atoms with Crippen molar-refractivity contribution >= 4 is 52.0 Å². The smallest absolute Gasteiger partial charge is 0.246 e. The van der Waals surface area contributed by atoms with E-state index in [1.807, 2.05) is 6.92 Å². The molecule has 1 aromatic carbocycles. The van der Waals surface area contributed by atoms with Crippen molar-refractivity contribution in [1.82, 2.24) is 19.7 Å². The van der Waals surface area contributed by atoms with E-state index < -0.39 is 10.0 Å². The quantitative estimate of drug-likeness (QED) is 0.261. The standard InChI is InChI=1S/C24H30IN5O6S2/c1-17-7-4-11-21(31)28(17)13-16-38(32,33)29(12-15-37-25)24-27-26-23(20-10-6-14-36-20)30(24)22-18(34-2)8-5-9-19(22)35-3/h5-6,8-10,14,17H,4,7,11-13,15-16H2,1-3H3/t17-/m1/s1. The Morgan fingerprint density at radius 2 is 1.92 bits per heavy atom. The number of furan rings is 1. The van der Waals surface area contributed by atoms with Gasteiger partial charge in [-0.3, -0.25) is 9.36 Å². The third-order valence-electron chi connectivity index (χ3n) is 6.40. The van der Waals surface area contributed by atoms with Crippen molar-refractivity contribution in [1.29, 1.82) is 0 Å². The molecule has 2 aromatic heterocycles. The van der Waals surface area contributed by atoms with Gasteiger partial charge in [0.1, 0.15) is 17.2 Å². The largest absolute Gasteiger partial charge is 0.494 e. The normalized spacial score (nSPS) is 16.1. The van der Waals surface area contributed by atoms with Gasteiger partial charge in [-0.2, -0.15) is 0 Å². The number of nitrogens with zero attached hydrogens (tertiary/aromatic N) is 5. The summed E-state index contributed by atoms with van der Waals surface area (Å²) in [7, 11) is 0.593. The molecule has 14 heteroatoms. The average molecular weight is 676 g/mol. The minimum absolute atomic E-state index is 0.00292. The number of amides is 1. The summed E-state index contributed by atoms with van der Waals surface area (Å²) in [6, 6.07) is 8.69. The molecule has 1 amide bonds. The topological polar surface area (TPSA) is 120 Å². The zero-order valence-corrected chi connectivity index (χ0v) is 25.2. The molecule has 1 fully saturated rings. The molecule has 3 heterocycles. The summed E-state index contributed by atoms with van der Waals surface area (Å²) in [5, 5.41) is 8.67. The summed E-state index contributed by atoms with van der Waals surface area (Å²) < 4.78 is 47.5. The van der Waals surface area contributed by atoms with E-state index in [1.54, 1.807) is 39.8 Å². The van der Waals surface area contributed by atoms with Crippen molar-refractivity contribution in [2.45, 2.75) is 32.2 Å². The molecule has 3 aromatic rings. The number of hydrogen-bond acceptors (Lipinski definition) is 9. The molecule has 0 saturated carbocycles. The molecule has 1 aliphatic heterocycles. The lowest BCUT2D eigenvalue weighted by molar-refractivity contribution is -0.135. The molecule has 0 spiro atoms. The maximum absolute atomic E-state index is 13.9. The highest BCUT2D eigenvalue weighted by Crippen LogP contribution is 2.39. The van der Waals surface area contributed by atoms with Gasteiger partial charge >= 0.3 is 0 Å². The van der Waals surface area contributed by atoms with Gasteiger partial charge in [-0.25, -0.2) is 12.7 Å². The Balaban J connectivity index is 1.83. The number of carbonyl (C=O) groups excluding carboxylic acids is 1. The molecule has 0 bridgehead atoms. The minimum Gasteiger partial charge on any atom is -0.494 e. The van der Waals surface area contributed by atoms with Crippen molar-refractivity contribution in [3.63, 3.8) is 0 Å². The molecule has 0 unspecified atom stereocenters. The molecule has 4 rings (SSSR count). The predicted molar refractivity (Wildman–Crippen MR) is 155 cm³/mol. The number of sulfonamides is 1. The highest BCUT2D eigenvalue weighted by molar-refractivity contribution is 14.2. The first-order chi connectivity index (χ1) is 18.3. The van der Waals surface area contributed by atoms with E-state index in [0.29, 0.717) is 35.1 Å². The maximum atomic E-state index is 13.9. The Hall–Kier alpha value is -2.46. The number of hydrogen-bond donors (Lipinski definition) is 0. The Bertz CT molecular complexity index is 1330. The number of piperidine rings is 1. The zero-order chi connectivity index (χ0) is 27.3. The Morgan fingerprint density at radius 3 is 2.53 bits per heavy atom. The van der Waals surface area contributed by atoms with Gasteiger partial charge in [0.25, 0.3) is 0 Å². The van der Waals surface area contributed by atoms with Crippen LogP contribution in [0.3, 0.4) is 0 Å². The number of likely N-dealkylation sites (tertiary alicyclic amines) is 1. The maximum Gasteiger partial charge on any atom is 0.246 e. The average Bonchev–Trinajstić information content (AvgIpc) is 3.58. The number of benzene rings is 1. The van der Waals surface area contributed by atoms with Crippen molar-refractivity contribution in [2.75, 3.05) is 43.1 Å². The number of methoxy groups -OCH3 is 2. The molecule has 11 nitrogen and oxygen atoms in total. The molecule has 1 saturated heterocycles. The number of para-hydroxylation sites is 1. The number of rotatable bonds is 12. The fourth-order valence-corrected chi connectivity index (χ4v) is 6.85. The van der Waals surface area contributed by atoms with Gasteiger partial charge in [0.15, 0.2) is 5.76 Å². The molecule has 38 heavy (non-hydrogen) atoms. The summed E-state index contributed by atoms with van der Waals surface area (Å²) in [5.74, 6) is 1.86. The minimum atomic E-state index is -3.93. The van der Waals surface area contributed by atoms with E-state index in [4.69, 9.17) is 13.9 Å². The third-order valence-corrected chi connectivity index (χ3v) is 9.77. The van der Waals surface area contributed by atoms with Gasteiger partial charge in [-0.1, -0.05) is 15.0 Å². The Labute approximate surface area is 238 Å². The first kappa shape index (κ1) is 28.5. The van der Waals surface area contributed by atoms with Crippen molar-refractivity contribution in [2.24, 2.45) is 0 Å². The van der Waals surface area contributed by atoms with E-state index in [9.17, 15) is 13.2 Å².